The molecule has 2 fully saturated rings. The van der Waals surface area contributed by atoms with Crippen molar-refractivity contribution in [1.29, 1.82) is 0 Å². The third-order valence-corrected chi connectivity index (χ3v) is 6.57. The van der Waals surface area contributed by atoms with E-state index in [9.17, 15) is 9.59 Å². The van der Waals surface area contributed by atoms with E-state index in [0.717, 1.165) is 22.0 Å². The number of para-hydroxylation sites is 1. The van der Waals surface area contributed by atoms with Gasteiger partial charge in [0, 0.05) is 5.39 Å². The fourth-order valence-electron chi connectivity index (χ4n) is 5.02. The molecule has 2 amide bonds. The van der Waals surface area contributed by atoms with E-state index < -0.39 is 18.1 Å². The van der Waals surface area contributed by atoms with Crippen molar-refractivity contribution in [1.82, 2.24) is 0 Å². The standard InChI is InChI=1S/C28H22N2O4/c1-33-21-14-7-11-19(17-21)25-24-26(34-30(25)20-12-3-2-4-13-20)28(32)29(27(24)31)23-16-8-10-18-9-5-6-15-22(18)23/h2-17,24-26H,1H3/t24-,25+,26+/m1/s1. The van der Waals surface area contributed by atoms with Crippen LogP contribution < -0.4 is 14.7 Å². The summed E-state index contributed by atoms with van der Waals surface area (Å²) in [5.41, 5.74) is 2.21. The summed E-state index contributed by atoms with van der Waals surface area (Å²) in [5.74, 6) is -0.634. The van der Waals surface area contributed by atoms with Crippen LogP contribution in [0.5, 0.6) is 5.75 Å². The molecule has 2 aliphatic rings. The zero-order chi connectivity index (χ0) is 23.2. The average molecular weight is 450 g/mol. The molecular formula is C28H22N2O4. The topological polar surface area (TPSA) is 59.1 Å². The number of nitrogens with zero attached hydrogens (tertiary/aromatic N) is 2. The molecule has 0 saturated carbocycles. The van der Waals surface area contributed by atoms with E-state index in [0.29, 0.717) is 11.4 Å². The van der Waals surface area contributed by atoms with Gasteiger partial charge in [-0.25, -0.2) is 9.96 Å². The number of ether oxygens (including phenoxy) is 1. The van der Waals surface area contributed by atoms with Gasteiger partial charge in [0.25, 0.3) is 5.91 Å². The van der Waals surface area contributed by atoms with Crippen molar-refractivity contribution in [2.45, 2.75) is 12.1 Å². The monoisotopic (exact) mass is 450 g/mol. The molecule has 3 atom stereocenters. The van der Waals surface area contributed by atoms with Gasteiger partial charge in [0.2, 0.25) is 5.91 Å². The van der Waals surface area contributed by atoms with Gasteiger partial charge in [-0.3, -0.25) is 14.4 Å². The third-order valence-electron chi connectivity index (χ3n) is 6.57. The Bertz CT molecular complexity index is 1400. The van der Waals surface area contributed by atoms with E-state index >= 15 is 0 Å². The minimum atomic E-state index is -0.914. The Kier molecular flexibility index (Phi) is 4.81. The maximum atomic E-state index is 13.9. The molecule has 0 spiro atoms. The second kappa shape index (κ2) is 8.01. The highest BCUT2D eigenvalue weighted by Gasteiger charge is 2.60. The summed E-state index contributed by atoms with van der Waals surface area (Å²) < 4.78 is 5.43. The molecule has 6 rings (SSSR count). The largest absolute Gasteiger partial charge is 0.497 e. The summed E-state index contributed by atoms with van der Waals surface area (Å²) in [7, 11) is 1.61. The van der Waals surface area contributed by atoms with Crippen molar-refractivity contribution in [2.24, 2.45) is 5.92 Å². The van der Waals surface area contributed by atoms with E-state index in [1.807, 2.05) is 97.1 Å². The molecule has 4 aromatic carbocycles. The van der Waals surface area contributed by atoms with Gasteiger partial charge in [-0.1, -0.05) is 66.7 Å². The smallest absolute Gasteiger partial charge is 0.266 e. The van der Waals surface area contributed by atoms with Crippen LogP contribution in [0, 0.1) is 5.92 Å². The number of hydrogen-bond acceptors (Lipinski definition) is 5. The molecule has 0 bridgehead atoms. The van der Waals surface area contributed by atoms with Gasteiger partial charge in [-0.05, 0) is 41.3 Å². The van der Waals surface area contributed by atoms with Crippen LogP contribution in [0.4, 0.5) is 11.4 Å². The summed E-state index contributed by atoms with van der Waals surface area (Å²) >= 11 is 0. The van der Waals surface area contributed by atoms with Crippen LogP contribution in [0.15, 0.2) is 97.1 Å². The average Bonchev–Trinajstić information content (AvgIpc) is 3.40. The number of benzene rings is 4. The van der Waals surface area contributed by atoms with Crippen molar-refractivity contribution in [2.75, 3.05) is 17.1 Å². The quantitative estimate of drug-likeness (QED) is 0.414. The van der Waals surface area contributed by atoms with E-state index in [1.54, 1.807) is 12.2 Å². The third kappa shape index (κ3) is 3.07. The first-order chi connectivity index (χ1) is 16.7. The summed E-state index contributed by atoms with van der Waals surface area (Å²) in [5, 5.41) is 3.51. The molecule has 0 unspecified atom stereocenters. The number of hydroxylamine groups is 1. The van der Waals surface area contributed by atoms with Crippen LogP contribution in [-0.2, 0) is 14.4 Å². The first-order valence-electron chi connectivity index (χ1n) is 11.2. The van der Waals surface area contributed by atoms with Gasteiger partial charge in [-0.2, -0.15) is 0 Å². The van der Waals surface area contributed by atoms with Crippen LogP contribution >= 0.6 is 0 Å². The molecule has 2 heterocycles. The fourth-order valence-corrected chi connectivity index (χ4v) is 5.02. The summed E-state index contributed by atoms with van der Waals surface area (Å²) in [6.07, 6.45) is -0.914. The molecule has 4 aromatic rings. The van der Waals surface area contributed by atoms with Crippen LogP contribution in [0.1, 0.15) is 11.6 Å². The molecule has 0 aliphatic carbocycles. The first-order valence-corrected chi connectivity index (χ1v) is 11.2. The molecule has 168 valence electrons. The Morgan fingerprint density at radius 3 is 2.35 bits per heavy atom. The summed E-state index contributed by atoms with van der Waals surface area (Å²) in [4.78, 5) is 35.1. The van der Waals surface area contributed by atoms with Gasteiger partial charge in [0.1, 0.15) is 11.7 Å². The van der Waals surface area contributed by atoms with Crippen molar-refractivity contribution >= 4 is 34.0 Å². The summed E-state index contributed by atoms with van der Waals surface area (Å²) in [6.45, 7) is 0. The Balaban J connectivity index is 1.47. The zero-order valence-corrected chi connectivity index (χ0v) is 18.5. The molecule has 0 N–H and O–H groups in total. The van der Waals surface area contributed by atoms with E-state index in [-0.39, 0.29) is 11.8 Å². The van der Waals surface area contributed by atoms with Gasteiger partial charge in [0.15, 0.2) is 6.10 Å². The Morgan fingerprint density at radius 2 is 1.53 bits per heavy atom. The summed E-state index contributed by atoms with van der Waals surface area (Å²) in [6, 6.07) is 30.0. The van der Waals surface area contributed by atoms with Crippen molar-refractivity contribution in [3.63, 3.8) is 0 Å². The number of carbonyl (C=O) groups excluding carboxylic acids is 2. The highest BCUT2D eigenvalue weighted by molar-refractivity contribution is 6.26. The maximum absolute atomic E-state index is 13.9. The Labute approximate surface area is 196 Å². The number of rotatable bonds is 4. The van der Waals surface area contributed by atoms with Crippen LogP contribution in [0.2, 0.25) is 0 Å². The van der Waals surface area contributed by atoms with E-state index in [1.165, 1.54) is 4.90 Å². The van der Waals surface area contributed by atoms with Gasteiger partial charge < -0.3 is 4.74 Å². The number of amides is 2. The van der Waals surface area contributed by atoms with Gasteiger partial charge >= 0.3 is 0 Å². The first kappa shape index (κ1) is 20.4. The van der Waals surface area contributed by atoms with Crippen LogP contribution in [-0.4, -0.2) is 25.0 Å². The second-order valence-corrected chi connectivity index (χ2v) is 8.44. The van der Waals surface area contributed by atoms with Gasteiger partial charge in [0.05, 0.1) is 24.5 Å². The zero-order valence-electron chi connectivity index (χ0n) is 18.5. The van der Waals surface area contributed by atoms with E-state index in [2.05, 4.69) is 0 Å². The number of imide groups is 1. The molecule has 34 heavy (non-hydrogen) atoms. The fraction of sp³-hybridized carbons (Fsp3) is 0.143. The second-order valence-electron chi connectivity index (χ2n) is 8.44. The number of fused-ring (bicyclic) bond motifs is 2. The van der Waals surface area contributed by atoms with Crippen molar-refractivity contribution in [3.8, 4) is 5.75 Å². The van der Waals surface area contributed by atoms with Crippen molar-refractivity contribution < 1.29 is 19.2 Å². The lowest BCUT2D eigenvalue weighted by atomic mass is 9.90. The lowest BCUT2D eigenvalue weighted by Crippen LogP contribution is -2.37. The minimum Gasteiger partial charge on any atom is -0.497 e. The predicted molar refractivity (Wildman–Crippen MR) is 129 cm³/mol. The minimum absolute atomic E-state index is 0.266. The number of methoxy groups -OCH3 is 1. The molecule has 6 nitrogen and oxygen atoms in total. The lowest BCUT2D eigenvalue weighted by molar-refractivity contribution is -0.126. The SMILES string of the molecule is COc1cccc([C@H]2[C@H]3C(=O)N(c4cccc5ccccc45)C(=O)[C@H]3ON2c2ccccc2)c1. The van der Waals surface area contributed by atoms with Crippen molar-refractivity contribution in [3.05, 3.63) is 103 Å². The maximum Gasteiger partial charge on any atom is 0.266 e. The molecule has 2 aliphatic heterocycles. The van der Waals surface area contributed by atoms with E-state index in [4.69, 9.17) is 9.57 Å². The normalized spacial score (nSPS) is 21.9. The Hall–Kier alpha value is -4.16. The Morgan fingerprint density at radius 1 is 0.794 bits per heavy atom. The molecular weight excluding hydrogens is 428 g/mol. The number of anilines is 2. The molecule has 6 heteroatoms. The highest BCUT2D eigenvalue weighted by atomic mass is 16.7. The molecule has 0 radical (unpaired) electrons. The lowest BCUT2D eigenvalue weighted by Gasteiger charge is -2.29. The highest BCUT2D eigenvalue weighted by Crippen LogP contribution is 2.48. The van der Waals surface area contributed by atoms with Gasteiger partial charge in [-0.15, -0.1) is 0 Å². The predicted octanol–water partition coefficient (Wildman–Crippen LogP) is 4.90. The van der Waals surface area contributed by atoms with Crippen LogP contribution in [0.25, 0.3) is 10.8 Å². The molecule has 0 aromatic heterocycles. The number of hydrogen-bond donors (Lipinski definition) is 0. The number of carbonyl (C=O) groups is 2. The molecule has 2 saturated heterocycles. The van der Waals surface area contributed by atoms with Crippen LogP contribution in [0.3, 0.4) is 0 Å².